The fourth-order valence-electron chi connectivity index (χ4n) is 5.05. The molecule has 0 spiro atoms. The van der Waals surface area contributed by atoms with E-state index in [1.54, 1.807) is 0 Å². The van der Waals surface area contributed by atoms with Crippen LogP contribution in [0.1, 0.15) is 54.5 Å². The first-order valence-corrected chi connectivity index (χ1v) is 10.7. The van der Waals surface area contributed by atoms with E-state index in [2.05, 4.69) is 16.7 Å². The quantitative estimate of drug-likeness (QED) is 0.621. The molecule has 2 amide bonds. The Morgan fingerprint density at radius 1 is 1.07 bits per heavy atom. The van der Waals surface area contributed by atoms with Crippen LogP contribution in [0.25, 0.3) is 0 Å². The van der Waals surface area contributed by atoms with Crippen molar-refractivity contribution >= 4 is 11.8 Å². The predicted octanol–water partition coefficient (Wildman–Crippen LogP) is 1.81. The summed E-state index contributed by atoms with van der Waals surface area (Å²) in [6.07, 6.45) is 4.03. The van der Waals surface area contributed by atoms with Crippen LogP contribution in [-0.4, -0.2) is 23.9 Å². The van der Waals surface area contributed by atoms with Gasteiger partial charge in [0.05, 0.1) is 11.6 Å². The zero-order valence-electron chi connectivity index (χ0n) is 17.4. The van der Waals surface area contributed by atoms with Gasteiger partial charge in [-0.15, -0.1) is 0 Å². The number of benzene rings is 2. The van der Waals surface area contributed by atoms with Crippen molar-refractivity contribution in [3.8, 4) is 0 Å². The molecule has 6 N–H and O–H groups in total. The van der Waals surface area contributed by atoms with E-state index in [-0.39, 0.29) is 23.9 Å². The second-order valence-electron chi connectivity index (χ2n) is 8.56. The number of carbonyl (C=O) groups excluding carboxylic acids is 2. The van der Waals surface area contributed by atoms with Crippen LogP contribution in [0.5, 0.6) is 0 Å². The molecule has 4 unspecified atom stereocenters. The molecule has 30 heavy (non-hydrogen) atoms. The molecule has 0 saturated carbocycles. The summed E-state index contributed by atoms with van der Waals surface area (Å²) in [4.78, 5) is 25.5. The van der Waals surface area contributed by atoms with Crippen LogP contribution in [-0.2, 0) is 28.0 Å². The molecule has 2 aromatic rings. The fraction of sp³-hybridized carbons (Fsp3) is 0.417. The van der Waals surface area contributed by atoms with Gasteiger partial charge >= 0.3 is 0 Å². The molecule has 0 aliphatic heterocycles. The van der Waals surface area contributed by atoms with Crippen molar-refractivity contribution in [2.75, 3.05) is 0 Å². The molecule has 0 heterocycles. The summed E-state index contributed by atoms with van der Waals surface area (Å²) in [5.41, 5.74) is 16.8. The Balaban J connectivity index is 1.61. The lowest BCUT2D eigenvalue weighted by atomic mass is 9.72. The van der Waals surface area contributed by atoms with Crippen molar-refractivity contribution in [3.05, 3.63) is 70.8 Å². The average Bonchev–Trinajstić information content (AvgIpc) is 2.74. The molecule has 0 fully saturated rings. The number of nitrogens with one attached hydrogen (secondary N) is 2. The Hall–Kier alpha value is -2.70. The summed E-state index contributed by atoms with van der Waals surface area (Å²) >= 11 is 0. The minimum atomic E-state index is -0.957. The van der Waals surface area contributed by atoms with Gasteiger partial charge in [0, 0.05) is 13.0 Å². The van der Waals surface area contributed by atoms with Crippen LogP contribution in [0.15, 0.2) is 48.5 Å². The molecule has 0 bridgehead atoms. The second kappa shape index (κ2) is 8.20. The van der Waals surface area contributed by atoms with Gasteiger partial charge in [-0.1, -0.05) is 48.5 Å². The number of carbonyl (C=O) groups is 2. The molecular formula is C24H30N4O2. The Morgan fingerprint density at radius 3 is 2.53 bits per heavy atom. The average molecular weight is 407 g/mol. The highest BCUT2D eigenvalue weighted by Crippen LogP contribution is 2.36. The molecule has 6 heteroatoms. The number of hydrogen-bond acceptors (Lipinski definition) is 4. The van der Waals surface area contributed by atoms with Gasteiger partial charge in [-0.3, -0.25) is 9.59 Å². The largest absolute Gasteiger partial charge is 0.350 e. The molecule has 158 valence electrons. The van der Waals surface area contributed by atoms with E-state index in [0.717, 1.165) is 42.4 Å². The van der Waals surface area contributed by atoms with Crippen molar-refractivity contribution < 1.29 is 9.59 Å². The third kappa shape index (κ3) is 3.73. The summed E-state index contributed by atoms with van der Waals surface area (Å²) in [6, 6.07) is 14.7. The van der Waals surface area contributed by atoms with Crippen LogP contribution in [0.3, 0.4) is 0 Å². The third-order valence-electron chi connectivity index (χ3n) is 6.58. The van der Waals surface area contributed by atoms with Gasteiger partial charge in [-0.05, 0) is 54.4 Å². The van der Waals surface area contributed by atoms with Crippen molar-refractivity contribution in [1.29, 1.82) is 0 Å². The second-order valence-corrected chi connectivity index (χ2v) is 8.56. The number of fused-ring (bicyclic) bond motifs is 2. The smallest absolute Gasteiger partial charge is 0.245 e. The Morgan fingerprint density at radius 2 is 1.77 bits per heavy atom. The SMILES string of the molecule is CC(=O)NC(C(=O)NC1CCc2ccccc2C1N)C1(N)CCCc2ccccc21. The van der Waals surface area contributed by atoms with E-state index in [9.17, 15) is 9.59 Å². The standard InChI is InChI=1S/C24H30N4O2/c1-15(29)27-22(24(26)14-6-9-17-8-3-5-11-19(17)24)23(30)28-20-13-12-16-7-2-4-10-18(16)21(20)25/h2-5,7-8,10-11,20-22H,6,9,12-14,25-26H2,1H3,(H,27,29)(H,28,30). The molecular weight excluding hydrogens is 376 g/mol. The van der Waals surface area contributed by atoms with Crippen LogP contribution in [0.2, 0.25) is 0 Å². The minimum Gasteiger partial charge on any atom is -0.350 e. The predicted molar refractivity (Wildman–Crippen MR) is 116 cm³/mol. The fourth-order valence-corrected chi connectivity index (χ4v) is 5.05. The van der Waals surface area contributed by atoms with Crippen LogP contribution in [0, 0.1) is 0 Å². The first kappa shape index (κ1) is 20.6. The summed E-state index contributed by atoms with van der Waals surface area (Å²) in [5.74, 6) is -0.550. The molecule has 0 saturated heterocycles. The van der Waals surface area contributed by atoms with Crippen LogP contribution >= 0.6 is 0 Å². The molecule has 2 aliphatic carbocycles. The lowest BCUT2D eigenvalue weighted by molar-refractivity contribution is -0.131. The summed E-state index contributed by atoms with van der Waals surface area (Å²) in [6.45, 7) is 1.42. The monoisotopic (exact) mass is 406 g/mol. The molecule has 4 atom stereocenters. The number of amides is 2. The molecule has 2 aliphatic rings. The van der Waals surface area contributed by atoms with Gasteiger partial charge in [0.25, 0.3) is 0 Å². The summed E-state index contributed by atoms with van der Waals surface area (Å²) in [5, 5.41) is 5.95. The van der Waals surface area contributed by atoms with E-state index in [4.69, 9.17) is 11.5 Å². The number of aryl methyl sites for hydroxylation is 2. The van der Waals surface area contributed by atoms with Gasteiger partial charge in [-0.2, -0.15) is 0 Å². The number of rotatable bonds is 4. The highest BCUT2D eigenvalue weighted by atomic mass is 16.2. The van der Waals surface area contributed by atoms with Crippen LogP contribution in [0.4, 0.5) is 0 Å². The van der Waals surface area contributed by atoms with Crippen molar-refractivity contribution in [3.63, 3.8) is 0 Å². The first-order chi connectivity index (χ1) is 14.4. The lowest BCUT2D eigenvalue weighted by Crippen LogP contribution is -2.64. The minimum absolute atomic E-state index is 0.203. The summed E-state index contributed by atoms with van der Waals surface area (Å²) < 4.78 is 0. The van der Waals surface area contributed by atoms with E-state index >= 15 is 0 Å². The Bertz CT molecular complexity index is 960. The molecule has 2 aromatic carbocycles. The van der Waals surface area contributed by atoms with Crippen LogP contribution < -0.4 is 22.1 Å². The van der Waals surface area contributed by atoms with Gasteiger partial charge in [0.15, 0.2) is 0 Å². The highest BCUT2D eigenvalue weighted by molar-refractivity contribution is 5.89. The molecule has 0 radical (unpaired) electrons. The Kier molecular flexibility index (Phi) is 5.62. The van der Waals surface area contributed by atoms with E-state index < -0.39 is 11.6 Å². The normalized spacial score (nSPS) is 26.1. The topological polar surface area (TPSA) is 110 Å². The maximum Gasteiger partial charge on any atom is 0.245 e. The molecule has 0 aromatic heterocycles. The van der Waals surface area contributed by atoms with Gasteiger partial charge in [-0.25, -0.2) is 0 Å². The maximum atomic E-state index is 13.5. The zero-order valence-corrected chi connectivity index (χ0v) is 17.4. The zero-order chi connectivity index (χ0) is 21.3. The molecule has 4 rings (SSSR count). The number of hydrogen-bond donors (Lipinski definition) is 4. The van der Waals surface area contributed by atoms with E-state index in [1.165, 1.54) is 12.5 Å². The van der Waals surface area contributed by atoms with Crippen molar-refractivity contribution in [2.24, 2.45) is 11.5 Å². The van der Waals surface area contributed by atoms with Crippen molar-refractivity contribution in [1.82, 2.24) is 10.6 Å². The Labute approximate surface area is 177 Å². The van der Waals surface area contributed by atoms with E-state index in [0.29, 0.717) is 6.42 Å². The third-order valence-corrected chi connectivity index (χ3v) is 6.58. The van der Waals surface area contributed by atoms with Gasteiger partial charge in [0.1, 0.15) is 6.04 Å². The lowest BCUT2D eigenvalue weighted by Gasteiger charge is -2.42. The number of nitrogens with two attached hydrogens (primary N) is 2. The van der Waals surface area contributed by atoms with E-state index in [1.807, 2.05) is 42.5 Å². The van der Waals surface area contributed by atoms with Gasteiger partial charge < -0.3 is 22.1 Å². The maximum absolute atomic E-state index is 13.5. The first-order valence-electron chi connectivity index (χ1n) is 10.7. The summed E-state index contributed by atoms with van der Waals surface area (Å²) in [7, 11) is 0. The highest BCUT2D eigenvalue weighted by Gasteiger charge is 2.45. The van der Waals surface area contributed by atoms with Crippen molar-refractivity contribution in [2.45, 2.75) is 62.7 Å². The van der Waals surface area contributed by atoms with Gasteiger partial charge in [0.2, 0.25) is 11.8 Å². The molecule has 6 nitrogen and oxygen atoms in total.